The molecule has 31 heavy (non-hydrogen) atoms. The molecule has 0 fully saturated rings. The summed E-state index contributed by atoms with van der Waals surface area (Å²) in [5.41, 5.74) is 16.5. The molecule has 154 valence electrons. The van der Waals surface area contributed by atoms with Crippen molar-refractivity contribution in [3.8, 4) is 33.4 Å². The van der Waals surface area contributed by atoms with Crippen LogP contribution in [-0.4, -0.2) is 0 Å². The molecule has 0 nitrogen and oxygen atoms in total. The van der Waals surface area contributed by atoms with Gasteiger partial charge < -0.3 is 0 Å². The van der Waals surface area contributed by atoms with Crippen molar-refractivity contribution in [2.45, 2.75) is 47.0 Å². The van der Waals surface area contributed by atoms with E-state index in [1.54, 1.807) is 0 Å². The van der Waals surface area contributed by atoms with Crippen molar-refractivity contribution in [1.29, 1.82) is 0 Å². The largest absolute Gasteiger partial charge is 0.0620 e. The summed E-state index contributed by atoms with van der Waals surface area (Å²) in [7, 11) is 0. The summed E-state index contributed by atoms with van der Waals surface area (Å²) in [5.74, 6) is 0. The highest BCUT2D eigenvalue weighted by atomic mass is 14.4. The topological polar surface area (TPSA) is 0 Å². The van der Waals surface area contributed by atoms with Gasteiger partial charge in [-0.15, -0.1) is 0 Å². The summed E-state index contributed by atoms with van der Waals surface area (Å²) < 4.78 is 0. The average molecular weight is 403 g/mol. The summed E-state index contributed by atoms with van der Waals surface area (Å²) >= 11 is 0. The Morgan fingerprint density at radius 3 is 1.90 bits per heavy atom. The molecule has 0 heterocycles. The van der Waals surface area contributed by atoms with Gasteiger partial charge in [-0.2, -0.15) is 0 Å². The minimum absolute atomic E-state index is 0.0455. The number of hydrogen-bond acceptors (Lipinski definition) is 0. The standard InChI is InChI=1S/C31H30/c1-19-11-7-8-12-23(19)30-20(2)15-16-24(22(30)4)26-18-27-25-13-9-10-14-28(25)31(5,6)29(27)17-21(26)3/h7-18H,1-6H3. The Hall–Kier alpha value is -3.12. The van der Waals surface area contributed by atoms with Gasteiger partial charge in [-0.3, -0.25) is 0 Å². The van der Waals surface area contributed by atoms with Crippen LogP contribution in [0.4, 0.5) is 0 Å². The monoisotopic (exact) mass is 402 g/mol. The summed E-state index contributed by atoms with van der Waals surface area (Å²) in [4.78, 5) is 0. The van der Waals surface area contributed by atoms with Crippen molar-refractivity contribution < 1.29 is 0 Å². The Labute approximate surface area is 186 Å². The van der Waals surface area contributed by atoms with E-state index in [9.17, 15) is 0 Å². The lowest BCUT2D eigenvalue weighted by Crippen LogP contribution is -2.15. The van der Waals surface area contributed by atoms with Gasteiger partial charge in [0.1, 0.15) is 0 Å². The average Bonchev–Trinajstić information content (AvgIpc) is 2.96. The molecule has 1 aliphatic rings. The number of fused-ring (bicyclic) bond motifs is 3. The second kappa shape index (κ2) is 6.95. The van der Waals surface area contributed by atoms with Gasteiger partial charge >= 0.3 is 0 Å². The first-order valence-electron chi connectivity index (χ1n) is 11.2. The van der Waals surface area contributed by atoms with Crippen molar-refractivity contribution in [2.24, 2.45) is 0 Å². The Morgan fingerprint density at radius 1 is 0.484 bits per heavy atom. The van der Waals surface area contributed by atoms with Gasteiger partial charge in [0.05, 0.1) is 0 Å². The Balaban J connectivity index is 1.76. The Kier molecular flexibility index (Phi) is 4.45. The van der Waals surface area contributed by atoms with Crippen molar-refractivity contribution in [3.63, 3.8) is 0 Å². The highest BCUT2D eigenvalue weighted by Gasteiger charge is 2.35. The van der Waals surface area contributed by atoms with Crippen molar-refractivity contribution in [3.05, 3.63) is 106 Å². The lowest BCUT2D eigenvalue weighted by Gasteiger charge is -2.23. The Morgan fingerprint density at radius 2 is 1.16 bits per heavy atom. The second-order valence-electron chi connectivity index (χ2n) is 9.63. The molecule has 0 unspecified atom stereocenters. The van der Waals surface area contributed by atoms with E-state index in [4.69, 9.17) is 0 Å². The maximum absolute atomic E-state index is 2.44. The SMILES string of the molecule is Cc1cc2c(cc1-c1ccc(C)c(-c3ccccc3C)c1C)-c1ccccc1C2(C)C. The van der Waals surface area contributed by atoms with Gasteiger partial charge in [0, 0.05) is 5.41 Å². The maximum Gasteiger partial charge on any atom is 0.0158 e. The molecule has 0 bridgehead atoms. The molecule has 0 aromatic heterocycles. The normalized spacial score (nSPS) is 13.7. The molecule has 5 rings (SSSR count). The highest BCUT2D eigenvalue weighted by Crippen LogP contribution is 2.50. The molecular formula is C31H30. The summed E-state index contributed by atoms with van der Waals surface area (Å²) in [5, 5.41) is 0. The number of benzene rings is 4. The fraction of sp³-hybridized carbons (Fsp3) is 0.226. The van der Waals surface area contributed by atoms with Crippen LogP contribution in [0, 0.1) is 27.7 Å². The van der Waals surface area contributed by atoms with Crippen LogP contribution in [0.1, 0.15) is 47.2 Å². The molecule has 4 aromatic rings. The quantitative estimate of drug-likeness (QED) is 0.315. The zero-order chi connectivity index (χ0) is 21.9. The summed E-state index contributed by atoms with van der Waals surface area (Å²) in [6.07, 6.45) is 0. The van der Waals surface area contributed by atoms with Crippen LogP contribution in [-0.2, 0) is 5.41 Å². The third-order valence-electron chi connectivity index (χ3n) is 7.31. The molecule has 0 radical (unpaired) electrons. The first-order valence-corrected chi connectivity index (χ1v) is 11.2. The molecule has 4 aromatic carbocycles. The number of hydrogen-bond donors (Lipinski definition) is 0. The highest BCUT2D eigenvalue weighted by molar-refractivity contribution is 5.88. The maximum atomic E-state index is 2.44. The van der Waals surface area contributed by atoms with Crippen LogP contribution in [0.25, 0.3) is 33.4 Å². The van der Waals surface area contributed by atoms with E-state index in [-0.39, 0.29) is 5.41 Å². The second-order valence-corrected chi connectivity index (χ2v) is 9.63. The smallest absolute Gasteiger partial charge is 0.0158 e. The molecule has 0 atom stereocenters. The third kappa shape index (κ3) is 2.89. The molecule has 0 aliphatic heterocycles. The molecule has 0 saturated carbocycles. The first-order chi connectivity index (χ1) is 14.8. The number of rotatable bonds is 2. The van der Waals surface area contributed by atoms with Crippen LogP contribution in [0.2, 0.25) is 0 Å². The Bertz CT molecular complexity index is 1330. The van der Waals surface area contributed by atoms with E-state index in [1.807, 2.05) is 0 Å². The van der Waals surface area contributed by atoms with Gasteiger partial charge in [0.15, 0.2) is 0 Å². The molecule has 0 amide bonds. The van der Waals surface area contributed by atoms with E-state index in [0.717, 1.165) is 0 Å². The lowest BCUT2D eigenvalue weighted by atomic mass is 9.80. The molecule has 0 heteroatoms. The fourth-order valence-corrected chi connectivity index (χ4v) is 5.55. The molecule has 0 saturated heterocycles. The van der Waals surface area contributed by atoms with Crippen molar-refractivity contribution >= 4 is 0 Å². The third-order valence-corrected chi connectivity index (χ3v) is 7.31. The van der Waals surface area contributed by atoms with E-state index in [1.165, 1.54) is 66.8 Å². The van der Waals surface area contributed by atoms with Gasteiger partial charge in [0.25, 0.3) is 0 Å². The van der Waals surface area contributed by atoms with E-state index in [0.29, 0.717) is 0 Å². The van der Waals surface area contributed by atoms with Crippen LogP contribution in [0.3, 0.4) is 0 Å². The zero-order valence-corrected chi connectivity index (χ0v) is 19.4. The summed E-state index contributed by atoms with van der Waals surface area (Å²) in [6, 6.07) is 27.1. The van der Waals surface area contributed by atoms with Crippen molar-refractivity contribution in [2.75, 3.05) is 0 Å². The van der Waals surface area contributed by atoms with Crippen LogP contribution >= 0.6 is 0 Å². The van der Waals surface area contributed by atoms with Crippen LogP contribution in [0.5, 0.6) is 0 Å². The molecular weight excluding hydrogens is 372 g/mol. The number of aryl methyl sites for hydroxylation is 3. The van der Waals surface area contributed by atoms with Crippen LogP contribution in [0.15, 0.2) is 72.8 Å². The first kappa shape index (κ1) is 19.8. The van der Waals surface area contributed by atoms with E-state index in [2.05, 4.69) is 114 Å². The minimum Gasteiger partial charge on any atom is -0.0620 e. The molecule has 0 N–H and O–H groups in total. The predicted octanol–water partition coefficient (Wildman–Crippen LogP) is 8.56. The fourth-order valence-electron chi connectivity index (χ4n) is 5.55. The van der Waals surface area contributed by atoms with E-state index >= 15 is 0 Å². The van der Waals surface area contributed by atoms with Gasteiger partial charge in [-0.05, 0) is 101 Å². The zero-order valence-electron chi connectivity index (χ0n) is 19.4. The van der Waals surface area contributed by atoms with E-state index < -0.39 is 0 Å². The van der Waals surface area contributed by atoms with Crippen LogP contribution < -0.4 is 0 Å². The van der Waals surface area contributed by atoms with Gasteiger partial charge in [-0.25, -0.2) is 0 Å². The van der Waals surface area contributed by atoms with Gasteiger partial charge in [-0.1, -0.05) is 80.6 Å². The summed E-state index contributed by atoms with van der Waals surface area (Å²) in [6.45, 7) is 13.7. The minimum atomic E-state index is 0.0455. The predicted molar refractivity (Wildman–Crippen MR) is 134 cm³/mol. The lowest BCUT2D eigenvalue weighted by molar-refractivity contribution is 0.660. The molecule has 0 spiro atoms. The van der Waals surface area contributed by atoms with Crippen molar-refractivity contribution in [1.82, 2.24) is 0 Å². The molecule has 1 aliphatic carbocycles. The van der Waals surface area contributed by atoms with Gasteiger partial charge in [0.2, 0.25) is 0 Å².